The van der Waals surface area contributed by atoms with E-state index >= 15 is 0 Å². The number of carboxylic acid groups (broad SMARTS) is 1. The van der Waals surface area contributed by atoms with Crippen LogP contribution in [-0.2, 0) is 11.2 Å². The first-order valence-electron chi connectivity index (χ1n) is 5.84. The normalized spacial score (nSPS) is 12.1. The molecule has 0 aliphatic carbocycles. The number of thioether (sulfide) groups is 1. The van der Waals surface area contributed by atoms with Gasteiger partial charge in [0.05, 0.1) is 0 Å². The van der Waals surface area contributed by atoms with E-state index in [1.54, 1.807) is 12.1 Å². The van der Waals surface area contributed by atoms with E-state index in [1.165, 1.54) is 11.8 Å². The molecule has 0 heterocycles. The third-order valence-corrected chi connectivity index (χ3v) is 4.08. The predicted octanol–water partition coefficient (Wildman–Crippen LogP) is 4.13. The van der Waals surface area contributed by atoms with E-state index in [4.69, 9.17) is 11.6 Å². The third-order valence-electron chi connectivity index (χ3n) is 2.63. The number of hydrogen-bond donors (Lipinski definition) is 1. The van der Waals surface area contributed by atoms with E-state index < -0.39 is 11.2 Å². The molecule has 0 aromatic heterocycles. The average Bonchev–Trinajstić information content (AvgIpc) is 2.41. The summed E-state index contributed by atoms with van der Waals surface area (Å²) in [5.41, 5.74) is 0.972. The van der Waals surface area contributed by atoms with Gasteiger partial charge < -0.3 is 5.11 Å². The highest BCUT2D eigenvalue weighted by Crippen LogP contribution is 2.26. The lowest BCUT2D eigenvalue weighted by Gasteiger charge is -2.12. The molecular formula is C15H13ClO2S. The zero-order valence-electron chi connectivity index (χ0n) is 10.1. The Morgan fingerprint density at radius 1 is 1.11 bits per heavy atom. The number of hydrogen-bond acceptors (Lipinski definition) is 2. The van der Waals surface area contributed by atoms with E-state index in [9.17, 15) is 9.90 Å². The summed E-state index contributed by atoms with van der Waals surface area (Å²) in [4.78, 5) is 12.3. The molecule has 19 heavy (non-hydrogen) atoms. The summed E-state index contributed by atoms with van der Waals surface area (Å²) in [6.07, 6.45) is 0.478. The Morgan fingerprint density at radius 3 is 2.32 bits per heavy atom. The fraction of sp³-hybridized carbons (Fsp3) is 0.133. The van der Waals surface area contributed by atoms with Gasteiger partial charge in [0.25, 0.3) is 0 Å². The first kappa shape index (κ1) is 14.0. The zero-order valence-corrected chi connectivity index (χ0v) is 11.7. The fourth-order valence-electron chi connectivity index (χ4n) is 1.68. The van der Waals surface area contributed by atoms with E-state index in [0.717, 1.165) is 10.5 Å². The molecule has 1 N–H and O–H groups in total. The summed E-state index contributed by atoms with van der Waals surface area (Å²) < 4.78 is 0. The quantitative estimate of drug-likeness (QED) is 0.842. The Labute approximate surface area is 121 Å². The second-order valence-corrected chi connectivity index (χ2v) is 5.80. The van der Waals surface area contributed by atoms with Gasteiger partial charge in [0.15, 0.2) is 0 Å². The molecule has 1 unspecified atom stereocenters. The molecule has 0 aliphatic rings. The number of carboxylic acids is 1. The van der Waals surface area contributed by atoms with Gasteiger partial charge in [0, 0.05) is 9.92 Å². The van der Waals surface area contributed by atoms with Crippen LogP contribution < -0.4 is 0 Å². The van der Waals surface area contributed by atoms with Gasteiger partial charge in [-0.25, -0.2) is 0 Å². The molecule has 0 saturated carbocycles. The maximum atomic E-state index is 11.3. The molecule has 2 aromatic rings. The minimum absolute atomic E-state index is 0.478. The van der Waals surface area contributed by atoms with Crippen LogP contribution in [0.15, 0.2) is 59.5 Å². The smallest absolute Gasteiger partial charge is 0.317 e. The lowest BCUT2D eigenvalue weighted by atomic mass is 10.1. The van der Waals surface area contributed by atoms with E-state index in [2.05, 4.69) is 0 Å². The number of aliphatic carboxylic acids is 1. The molecule has 0 aliphatic heterocycles. The first-order valence-corrected chi connectivity index (χ1v) is 7.10. The molecule has 0 bridgehead atoms. The molecule has 0 spiro atoms. The second kappa shape index (κ2) is 6.64. The van der Waals surface area contributed by atoms with Crippen molar-refractivity contribution in [1.29, 1.82) is 0 Å². The van der Waals surface area contributed by atoms with Crippen LogP contribution in [-0.4, -0.2) is 16.3 Å². The standard InChI is InChI=1S/C15H13ClO2S/c16-12-8-6-11(7-9-12)10-14(15(17)18)19-13-4-2-1-3-5-13/h1-9,14H,10H2,(H,17,18). The predicted molar refractivity (Wildman–Crippen MR) is 78.9 cm³/mol. The largest absolute Gasteiger partial charge is 0.480 e. The molecule has 0 fully saturated rings. The lowest BCUT2D eigenvalue weighted by molar-refractivity contribution is -0.136. The SMILES string of the molecule is O=C(O)C(Cc1ccc(Cl)cc1)Sc1ccccc1. The van der Waals surface area contributed by atoms with Crippen LogP contribution in [0.5, 0.6) is 0 Å². The van der Waals surface area contributed by atoms with Gasteiger partial charge in [-0.05, 0) is 36.2 Å². The van der Waals surface area contributed by atoms with Gasteiger partial charge >= 0.3 is 5.97 Å². The highest BCUT2D eigenvalue weighted by atomic mass is 35.5. The Morgan fingerprint density at radius 2 is 1.74 bits per heavy atom. The van der Waals surface area contributed by atoms with Crippen molar-refractivity contribution in [3.05, 3.63) is 65.2 Å². The van der Waals surface area contributed by atoms with Crippen LogP contribution in [0.4, 0.5) is 0 Å². The highest BCUT2D eigenvalue weighted by molar-refractivity contribution is 8.00. The number of benzene rings is 2. The highest BCUT2D eigenvalue weighted by Gasteiger charge is 2.19. The Hall–Kier alpha value is -1.45. The van der Waals surface area contributed by atoms with Crippen LogP contribution in [0.3, 0.4) is 0 Å². The first-order chi connectivity index (χ1) is 9.15. The lowest BCUT2D eigenvalue weighted by Crippen LogP contribution is -2.19. The summed E-state index contributed by atoms with van der Waals surface area (Å²) in [7, 11) is 0. The maximum Gasteiger partial charge on any atom is 0.317 e. The topological polar surface area (TPSA) is 37.3 Å². The summed E-state index contributed by atoms with van der Waals surface area (Å²) in [5, 5.41) is 9.47. The van der Waals surface area contributed by atoms with Crippen LogP contribution in [0, 0.1) is 0 Å². The van der Waals surface area contributed by atoms with E-state index in [0.29, 0.717) is 11.4 Å². The Balaban J connectivity index is 2.08. The zero-order chi connectivity index (χ0) is 13.7. The summed E-state index contributed by atoms with van der Waals surface area (Å²) in [5.74, 6) is -0.802. The molecule has 98 valence electrons. The van der Waals surface area contributed by atoms with Crippen molar-refractivity contribution in [2.75, 3.05) is 0 Å². The molecular weight excluding hydrogens is 280 g/mol. The van der Waals surface area contributed by atoms with Gasteiger partial charge in [-0.1, -0.05) is 41.9 Å². The second-order valence-electron chi connectivity index (χ2n) is 4.09. The van der Waals surface area contributed by atoms with Gasteiger partial charge in [-0.15, -0.1) is 11.8 Å². The molecule has 2 aromatic carbocycles. The molecule has 2 rings (SSSR count). The molecule has 0 saturated heterocycles. The van der Waals surface area contributed by atoms with Gasteiger partial charge in [-0.3, -0.25) is 4.79 Å². The molecule has 1 atom stereocenters. The summed E-state index contributed by atoms with van der Waals surface area (Å²) in [6, 6.07) is 16.9. The maximum absolute atomic E-state index is 11.3. The molecule has 2 nitrogen and oxygen atoms in total. The minimum atomic E-state index is -0.802. The van der Waals surface area contributed by atoms with E-state index in [1.807, 2.05) is 42.5 Å². The fourth-order valence-corrected chi connectivity index (χ4v) is 2.82. The van der Waals surface area contributed by atoms with Crippen molar-refractivity contribution in [2.45, 2.75) is 16.6 Å². The van der Waals surface area contributed by atoms with Crippen LogP contribution >= 0.6 is 23.4 Å². The third kappa shape index (κ3) is 4.30. The van der Waals surface area contributed by atoms with Crippen LogP contribution in [0.2, 0.25) is 5.02 Å². The average molecular weight is 293 g/mol. The molecule has 0 amide bonds. The van der Waals surface area contributed by atoms with E-state index in [-0.39, 0.29) is 0 Å². The summed E-state index contributed by atoms with van der Waals surface area (Å²) in [6.45, 7) is 0. The monoisotopic (exact) mass is 292 g/mol. The number of rotatable bonds is 5. The summed E-state index contributed by atoms with van der Waals surface area (Å²) >= 11 is 7.18. The number of halogens is 1. The van der Waals surface area contributed by atoms with Crippen molar-refractivity contribution >= 4 is 29.3 Å². The van der Waals surface area contributed by atoms with Gasteiger partial charge in [-0.2, -0.15) is 0 Å². The van der Waals surface area contributed by atoms with Gasteiger partial charge in [0.1, 0.15) is 5.25 Å². The van der Waals surface area contributed by atoms with Crippen molar-refractivity contribution in [1.82, 2.24) is 0 Å². The Bertz CT molecular complexity index is 540. The molecule has 0 radical (unpaired) electrons. The Kier molecular flexibility index (Phi) is 4.88. The van der Waals surface area contributed by atoms with Crippen molar-refractivity contribution in [3.8, 4) is 0 Å². The van der Waals surface area contributed by atoms with Crippen molar-refractivity contribution in [3.63, 3.8) is 0 Å². The van der Waals surface area contributed by atoms with Crippen molar-refractivity contribution in [2.24, 2.45) is 0 Å². The van der Waals surface area contributed by atoms with Crippen LogP contribution in [0.25, 0.3) is 0 Å². The van der Waals surface area contributed by atoms with Crippen LogP contribution in [0.1, 0.15) is 5.56 Å². The number of carbonyl (C=O) groups is 1. The minimum Gasteiger partial charge on any atom is -0.480 e. The van der Waals surface area contributed by atoms with Crippen molar-refractivity contribution < 1.29 is 9.90 Å². The molecule has 4 heteroatoms. The van der Waals surface area contributed by atoms with Gasteiger partial charge in [0.2, 0.25) is 0 Å².